The molecule has 1 unspecified atom stereocenters. The molecule has 0 saturated carbocycles. The minimum atomic E-state index is -0.131. The molecule has 17 heavy (non-hydrogen) atoms. The van der Waals surface area contributed by atoms with E-state index in [9.17, 15) is 4.39 Å². The Hall–Kier alpha value is -0.890. The number of benzene rings is 1. The van der Waals surface area contributed by atoms with Gasteiger partial charge in [0.1, 0.15) is 5.82 Å². The van der Waals surface area contributed by atoms with E-state index in [4.69, 9.17) is 0 Å². The smallest absolute Gasteiger partial charge is 0.123 e. The van der Waals surface area contributed by atoms with Crippen LogP contribution in [-0.4, -0.2) is 13.6 Å². The molecule has 0 heterocycles. The van der Waals surface area contributed by atoms with Crippen LogP contribution in [0.15, 0.2) is 18.2 Å². The van der Waals surface area contributed by atoms with Crippen LogP contribution in [0.25, 0.3) is 0 Å². The zero-order valence-electron chi connectivity index (χ0n) is 11.4. The zero-order chi connectivity index (χ0) is 12.9. The first-order valence-corrected chi connectivity index (χ1v) is 6.40. The quantitative estimate of drug-likeness (QED) is 0.795. The Morgan fingerprint density at radius 3 is 2.65 bits per heavy atom. The van der Waals surface area contributed by atoms with Gasteiger partial charge in [0, 0.05) is 6.54 Å². The van der Waals surface area contributed by atoms with Gasteiger partial charge < -0.3 is 5.32 Å². The van der Waals surface area contributed by atoms with E-state index in [1.165, 1.54) is 11.6 Å². The molecule has 1 aromatic carbocycles. The topological polar surface area (TPSA) is 12.0 Å². The van der Waals surface area contributed by atoms with E-state index in [2.05, 4.69) is 26.1 Å². The summed E-state index contributed by atoms with van der Waals surface area (Å²) in [5, 5.41) is 3.25. The Bertz CT molecular complexity index is 354. The summed E-state index contributed by atoms with van der Waals surface area (Å²) in [6, 6.07) is 5.09. The van der Waals surface area contributed by atoms with Gasteiger partial charge in [0.15, 0.2) is 0 Å². The molecule has 0 radical (unpaired) electrons. The molecule has 1 atom stereocenters. The molecule has 0 bridgehead atoms. The van der Waals surface area contributed by atoms with Gasteiger partial charge in [0.05, 0.1) is 0 Å². The minimum absolute atomic E-state index is 0.131. The number of hydrogen-bond donors (Lipinski definition) is 1. The normalized spacial score (nSPS) is 14.6. The van der Waals surface area contributed by atoms with E-state index >= 15 is 0 Å². The van der Waals surface area contributed by atoms with Crippen molar-refractivity contribution >= 4 is 0 Å². The van der Waals surface area contributed by atoms with E-state index in [1.54, 1.807) is 6.07 Å². The highest BCUT2D eigenvalue weighted by Crippen LogP contribution is 2.29. The lowest BCUT2D eigenvalue weighted by molar-refractivity contribution is 0.282. The second kappa shape index (κ2) is 6.15. The molecule has 0 fully saturated rings. The summed E-state index contributed by atoms with van der Waals surface area (Å²) >= 11 is 0. The molecule has 0 saturated heterocycles. The lowest BCUT2D eigenvalue weighted by atomic mass is 9.79. The molecule has 0 aliphatic heterocycles. The molecule has 1 rings (SSSR count). The molecular weight excluding hydrogens is 213 g/mol. The molecule has 0 aromatic heterocycles. The van der Waals surface area contributed by atoms with Crippen LogP contribution in [0.2, 0.25) is 0 Å². The third-order valence-corrected chi connectivity index (χ3v) is 3.39. The lowest BCUT2D eigenvalue weighted by Crippen LogP contribution is -2.32. The van der Waals surface area contributed by atoms with E-state index in [-0.39, 0.29) is 11.2 Å². The molecule has 0 spiro atoms. The fourth-order valence-electron chi connectivity index (χ4n) is 2.56. The molecule has 1 aromatic rings. The summed E-state index contributed by atoms with van der Waals surface area (Å²) in [5.74, 6) is -0.131. The summed E-state index contributed by atoms with van der Waals surface area (Å²) in [5.41, 5.74) is 2.53. The molecular formula is C15H24FN. The van der Waals surface area contributed by atoms with Gasteiger partial charge in [-0.2, -0.15) is 0 Å². The van der Waals surface area contributed by atoms with E-state index in [1.807, 2.05) is 13.1 Å². The van der Waals surface area contributed by atoms with Crippen molar-refractivity contribution in [3.63, 3.8) is 0 Å². The van der Waals surface area contributed by atoms with Gasteiger partial charge in [-0.05, 0) is 55.5 Å². The van der Waals surface area contributed by atoms with Crippen LogP contribution in [-0.2, 0) is 6.42 Å². The van der Waals surface area contributed by atoms with Crippen molar-refractivity contribution in [2.24, 2.45) is 5.41 Å². The van der Waals surface area contributed by atoms with Crippen molar-refractivity contribution in [2.75, 3.05) is 13.6 Å². The highest BCUT2D eigenvalue weighted by Gasteiger charge is 2.23. The highest BCUT2D eigenvalue weighted by molar-refractivity contribution is 5.27. The molecule has 0 aliphatic carbocycles. The number of halogens is 1. The van der Waals surface area contributed by atoms with Gasteiger partial charge in [0.25, 0.3) is 0 Å². The van der Waals surface area contributed by atoms with Crippen LogP contribution < -0.4 is 5.32 Å². The van der Waals surface area contributed by atoms with Crippen LogP contribution >= 0.6 is 0 Å². The molecule has 0 amide bonds. The third-order valence-electron chi connectivity index (χ3n) is 3.39. The largest absolute Gasteiger partial charge is 0.319 e. The van der Waals surface area contributed by atoms with Crippen LogP contribution in [0.3, 0.4) is 0 Å². The second-order valence-electron chi connectivity index (χ2n) is 5.34. The maximum Gasteiger partial charge on any atom is 0.123 e. The van der Waals surface area contributed by atoms with Crippen molar-refractivity contribution in [3.05, 3.63) is 35.1 Å². The first-order chi connectivity index (χ1) is 8.00. The minimum Gasteiger partial charge on any atom is -0.319 e. The monoisotopic (exact) mass is 237 g/mol. The predicted molar refractivity (Wildman–Crippen MR) is 71.8 cm³/mol. The van der Waals surface area contributed by atoms with Crippen LogP contribution in [0, 0.1) is 18.2 Å². The average molecular weight is 237 g/mol. The van der Waals surface area contributed by atoms with Crippen molar-refractivity contribution in [1.82, 2.24) is 5.32 Å². The molecule has 1 nitrogen and oxygen atoms in total. The summed E-state index contributed by atoms with van der Waals surface area (Å²) in [4.78, 5) is 0. The van der Waals surface area contributed by atoms with Crippen LogP contribution in [0.5, 0.6) is 0 Å². The van der Waals surface area contributed by atoms with E-state index in [0.29, 0.717) is 0 Å². The second-order valence-corrected chi connectivity index (χ2v) is 5.34. The van der Waals surface area contributed by atoms with Crippen LogP contribution in [0.4, 0.5) is 4.39 Å². The first-order valence-electron chi connectivity index (χ1n) is 6.40. The van der Waals surface area contributed by atoms with Gasteiger partial charge in [-0.25, -0.2) is 4.39 Å². The van der Waals surface area contributed by atoms with Gasteiger partial charge in [0.2, 0.25) is 0 Å². The summed E-state index contributed by atoms with van der Waals surface area (Å²) < 4.78 is 13.3. The Morgan fingerprint density at radius 2 is 2.06 bits per heavy atom. The Kier molecular flexibility index (Phi) is 5.13. The van der Waals surface area contributed by atoms with Gasteiger partial charge >= 0.3 is 0 Å². The van der Waals surface area contributed by atoms with Gasteiger partial charge in [-0.3, -0.25) is 0 Å². The maximum absolute atomic E-state index is 13.3. The number of rotatable bonds is 6. The number of aryl methyl sites for hydroxylation is 1. The molecule has 1 N–H and O–H groups in total. The maximum atomic E-state index is 13.3. The first kappa shape index (κ1) is 14.2. The number of nitrogens with one attached hydrogen (secondary N) is 1. The molecule has 2 heteroatoms. The number of hydrogen-bond acceptors (Lipinski definition) is 1. The summed E-state index contributed by atoms with van der Waals surface area (Å²) in [7, 11) is 1.98. The molecule has 96 valence electrons. The van der Waals surface area contributed by atoms with Gasteiger partial charge in [-0.1, -0.05) is 26.3 Å². The standard InChI is InChI=1S/C15H24FN/c1-5-8-15(3,11-17-4)10-13-9-14(16)7-6-12(13)2/h6-7,9,17H,5,8,10-11H2,1-4H3. The predicted octanol–water partition coefficient (Wildman–Crippen LogP) is 3.70. The Morgan fingerprint density at radius 1 is 1.35 bits per heavy atom. The molecule has 0 aliphatic rings. The zero-order valence-corrected chi connectivity index (χ0v) is 11.4. The SMILES string of the molecule is CCCC(C)(CNC)Cc1cc(F)ccc1C. The van der Waals surface area contributed by atoms with Crippen molar-refractivity contribution in [2.45, 2.75) is 40.0 Å². The van der Waals surface area contributed by atoms with Crippen molar-refractivity contribution < 1.29 is 4.39 Å². The van der Waals surface area contributed by atoms with E-state index in [0.717, 1.165) is 31.4 Å². The van der Waals surface area contributed by atoms with Crippen LogP contribution in [0.1, 0.15) is 37.8 Å². The van der Waals surface area contributed by atoms with Crippen molar-refractivity contribution in [1.29, 1.82) is 0 Å². The van der Waals surface area contributed by atoms with Gasteiger partial charge in [-0.15, -0.1) is 0 Å². The lowest BCUT2D eigenvalue weighted by Gasteiger charge is -2.30. The Balaban J connectivity index is 2.88. The van der Waals surface area contributed by atoms with E-state index < -0.39 is 0 Å². The third kappa shape index (κ3) is 4.12. The fourth-order valence-corrected chi connectivity index (χ4v) is 2.56. The summed E-state index contributed by atoms with van der Waals surface area (Å²) in [6.45, 7) is 7.50. The summed E-state index contributed by atoms with van der Waals surface area (Å²) in [6.07, 6.45) is 3.25. The Labute approximate surface area is 104 Å². The average Bonchev–Trinajstić information content (AvgIpc) is 2.24. The highest BCUT2D eigenvalue weighted by atomic mass is 19.1. The van der Waals surface area contributed by atoms with Crippen molar-refractivity contribution in [3.8, 4) is 0 Å². The fraction of sp³-hybridized carbons (Fsp3) is 0.600.